The van der Waals surface area contributed by atoms with E-state index >= 15 is 0 Å². The molecule has 3 aliphatic rings. The maximum absolute atomic E-state index is 10.4. The molecule has 20 heavy (non-hydrogen) atoms. The van der Waals surface area contributed by atoms with E-state index in [4.69, 9.17) is 16.3 Å². The van der Waals surface area contributed by atoms with Crippen LogP contribution in [0, 0.1) is 11.3 Å². The minimum Gasteiger partial charge on any atom is -0.394 e. The molecule has 0 aromatic heterocycles. The Morgan fingerprint density at radius 1 is 1.30 bits per heavy atom. The van der Waals surface area contributed by atoms with Crippen molar-refractivity contribution in [1.82, 2.24) is 0 Å². The predicted molar refractivity (Wildman–Crippen MR) is 82.4 cm³/mol. The van der Waals surface area contributed by atoms with Crippen molar-refractivity contribution in [3.05, 3.63) is 0 Å². The number of halogens is 2. The first-order valence-corrected chi connectivity index (χ1v) is 8.84. The molecule has 3 rings (SSSR count). The van der Waals surface area contributed by atoms with Gasteiger partial charge in [0.1, 0.15) is 17.8 Å². The molecule has 0 amide bonds. The normalized spacial score (nSPS) is 54.3. The van der Waals surface area contributed by atoms with Crippen LogP contribution in [-0.4, -0.2) is 44.3 Å². The van der Waals surface area contributed by atoms with Crippen LogP contribution >= 0.6 is 27.5 Å². The maximum Gasteiger partial charge on any atom is 0.115 e. The standard InChI is InChI=1S/C15H24BrClO3/c1-13(2)7-9(3-4-10(13)16)15-6-5-14(17,8-18)11(19)12(15)20-15/h9-12,18-19H,3-8H2,1-2H3. The van der Waals surface area contributed by atoms with Gasteiger partial charge >= 0.3 is 0 Å². The van der Waals surface area contributed by atoms with E-state index < -0.39 is 11.0 Å². The van der Waals surface area contributed by atoms with Crippen molar-refractivity contribution >= 4 is 27.5 Å². The van der Waals surface area contributed by atoms with Crippen molar-refractivity contribution in [1.29, 1.82) is 0 Å². The highest BCUT2D eigenvalue weighted by Crippen LogP contribution is 2.61. The summed E-state index contributed by atoms with van der Waals surface area (Å²) in [5, 5.41) is 19.8. The first-order valence-electron chi connectivity index (χ1n) is 7.55. The van der Waals surface area contributed by atoms with Gasteiger partial charge in [0.15, 0.2) is 0 Å². The monoisotopic (exact) mass is 366 g/mol. The lowest BCUT2D eigenvalue weighted by molar-refractivity contribution is 0.0411. The summed E-state index contributed by atoms with van der Waals surface area (Å²) in [7, 11) is 0. The molecule has 2 aliphatic carbocycles. The summed E-state index contributed by atoms with van der Waals surface area (Å²) in [5.41, 5.74) is 0.0724. The summed E-state index contributed by atoms with van der Waals surface area (Å²) >= 11 is 10.1. The average molecular weight is 368 g/mol. The molecule has 2 N–H and O–H groups in total. The second-order valence-corrected chi connectivity index (χ2v) is 9.42. The zero-order valence-corrected chi connectivity index (χ0v) is 14.5. The van der Waals surface area contributed by atoms with E-state index in [2.05, 4.69) is 29.8 Å². The number of ether oxygens (including phenoxy) is 1. The van der Waals surface area contributed by atoms with Crippen LogP contribution in [0.15, 0.2) is 0 Å². The average Bonchev–Trinajstić information content (AvgIpc) is 3.14. The highest BCUT2D eigenvalue weighted by molar-refractivity contribution is 9.09. The molecule has 1 heterocycles. The smallest absolute Gasteiger partial charge is 0.115 e. The molecule has 6 unspecified atom stereocenters. The molecule has 1 saturated heterocycles. The lowest BCUT2D eigenvalue weighted by Crippen LogP contribution is -2.52. The van der Waals surface area contributed by atoms with Gasteiger partial charge in [-0.3, -0.25) is 0 Å². The molecule has 1 aliphatic heterocycles. The summed E-state index contributed by atoms with van der Waals surface area (Å²) in [5.74, 6) is 0.492. The molecule has 0 aromatic rings. The van der Waals surface area contributed by atoms with Crippen molar-refractivity contribution in [3.8, 4) is 0 Å². The van der Waals surface area contributed by atoms with Crippen LogP contribution in [-0.2, 0) is 4.74 Å². The van der Waals surface area contributed by atoms with Gasteiger partial charge in [0.05, 0.1) is 11.5 Å². The van der Waals surface area contributed by atoms with Crippen molar-refractivity contribution in [3.63, 3.8) is 0 Å². The number of aliphatic hydroxyl groups is 2. The SMILES string of the molecule is CC1(C)CC(C23CCC(Cl)(CO)C(O)C2O3)CCC1Br. The third kappa shape index (κ3) is 2.18. The summed E-state index contributed by atoms with van der Waals surface area (Å²) < 4.78 is 5.98. The van der Waals surface area contributed by atoms with E-state index in [0.29, 0.717) is 17.2 Å². The second kappa shape index (κ2) is 4.82. The van der Waals surface area contributed by atoms with Gasteiger partial charge in [-0.05, 0) is 43.4 Å². The Labute approximate surface area is 134 Å². The number of rotatable bonds is 2. The van der Waals surface area contributed by atoms with E-state index in [0.717, 1.165) is 25.7 Å². The molecule has 6 atom stereocenters. The van der Waals surface area contributed by atoms with Gasteiger partial charge in [0.25, 0.3) is 0 Å². The molecule has 0 aromatic carbocycles. The molecule has 116 valence electrons. The number of hydrogen-bond acceptors (Lipinski definition) is 3. The second-order valence-electron chi connectivity index (χ2n) is 7.57. The third-order valence-corrected chi connectivity index (χ3v) is 8.09. The summed E-state index contributed by atoms with van der Waals surface area (Å²) in [4.78, 5) is -0.356. The van der Waals surface area contributed by atoms with Gasteiger partial charge < -0.3 is 14.9 Å². The molecule has 5 heteroatoms. The van der Waals surface area contributed by atoms with Crippen LogP contribution < -0.4 is 0 Å². The van der Waals surface area contributed by atoms with E-state index in [-0.39, 0.29) is 23.7 Å². The fraction of sp³-hybridized carbons (Fsp3) is 1.00. The maximum atomic E-state index is 10.4. The van der Waals surface area contributed by atoms with Crippen molar-refractivity contribution in [2.45, 2.75) is 73.5 Å². The predicted octanol–water partition coefficient (Wildman–Crippen LogP) is 2.84. The van der Waals surface area contributed by atoms with Crippen LogP contribution in [0.25, 0.3) is 0 Å². The topological polar surface area (TPSA) is 53.0 Å². The van der Waals surface area contributed by atoms with Gasteiger partial charge in [0, 0.05) is 4.83 Å². The Kier molecular flexibility index (Phi) is 3.75. The molecule has 0 radical (unpaired) electrons. The number of fused-ring (bicyclic) bond motifs is 1. The number of alkyl halides is 2. The van der Waals surface area contributed by atoms with E-state index in [1.807, 2.05) is 0 Å². The Hall–Kier alpha value is 0.650. The molecular weight excluding hydrogens is 344 g/mol. The molecular formula is C15H24BrClO3. The van der Waals surface area contributed by atoms with Crippen LogP contribution in [0.5, 0.6) is 0 Å². The number of aliphatic hydroxyl groups excluding tert-OH is 2. The largest absolute Gasteiger partial charge is 0.394 e. The fourth-order valence-electron chi connectivity index (χ4n) is 4.28. The zero-order valence-electron chi connectivity index (χ0n) is 12.1. The fourth-order valence-corrected chi connectivity index (χ4v) is 4.94. The zero-order chi connectivity index (χ0) is 14.8. The Morgan fingerprint density at radius 3 is 2.60 bits per heavy atom. The van der Waals surface area contributed by atoms with Crippen LogP contribution in [0.4, 0.5) is 0 Å². The number of epoxide rings is 1. The van der Waals surface area contributed by atoms with Crippen LogP contribution in [0.3, 0.4) is 0 Å². The highest BCUT2D eigenvalue weighted by Gasteiger charge is 2.70. The first-order chi connectivity index (χ1) is 9.25. The Balaban J connectivity index is 1.75. The Morgan fingerprint density at radius 2 is 2.00 bits per heavy atom. The van der Waals surface area contributed by atoms with Crippen molar-refractivity contribution in [2.75, 3.05) is 6.61 Å². The Bertz CT molecular complexity index is 405. The van der Waals surface area contributed by atoms with Crippen LogP contribution in [0.1, 0.15) is 46.0 Å². The minimum absolute atomic E-state index is 0.183. The quantitative estimate of drug-likeness (QED) is 0.583. The van der Waals surface area contributed by atoms with E-state index in [9.17, 15) is 10.2 Å². The van der Waals surface area contributed by atoms with Gasteiger partial charge in [0.2, 0.25) is 0 Å². The van der Waals surface area contributed by atoms with Crippen LogP contribution in [0.2, 0.25) is 0 Å². The van der Waals surface area contributed by atoms with Gasteiger partial charge in [-0.25, -0.2) is 0 Å². The summed E-state index contributed by atoms with van der Waals surface area (Å²) in [6, 6.07) is 0. The van der Waals surface area contributed by atoms with E-state index in [1.54, 1.807) is 0 Å². The van der Waals surface area contributed by atoms with Gasteiger partial charge in [-0.2, -0.15) is 0 Å². The van der Waals surface area contributed by atoms with E-state index in [1.165, 1.54) is 0 Å². The lowest BCUT2D eigenvalue weighted by Gasteiger charge is -2.44. The number of hydrogen-bond donors (Lipinski definition) is 2. The van der Waals surface area contributed by atoms with Gasteiger partial charge in [-0.1, -0.05) is 29.8 Å². The van der Waals surface area contributed by atoms with Crippen molar-refractivity contribution < 1.29 is 14.9 Å². The molecule has 3 nitrogen and oxygen atoms in total. The summed E-state index contributed by atoms with van der Waals surface area (Å²) in [6.45, 7) is 4.40. The third-order valence-electron chi connectivity index (χ3n) is 5.86. The molecule has 0 bridgehead atoms. The highest BCUT2D eigenvalue weighted by atomic mass is 79.9. The first kappa shape index (κ1) is 15.5. The molecule has 2 saturated carbocycles. The van der Waals surface area contributed by atoms with Gasteiger partial charge in [-0.15, -0.1) is 11.6 Å². The minimum atomic E-state index is -0.910. The summed E-state index contributed by atoms with van der Waals surface area (Å²) in [6.07, 6.45) is 3.93. The molecule has 3 fully saturated rings. The van der Waals surface area contributed by atoms with Crippen molar-refractivity contribution in [2.24, 2.45) is 11.3 Å². The lowest BCUT2D eigenvalue weighted by atomic mass is 9.63. The molecule has 0 spiro atoms.